The minimum absolute atomic E-state index is 0.0541. The normalized spacial score (nSPS) is 51.1. The molecular weight excluding hydrogens is 424 g/mol. The number of allylic oxidation sites excluding steroid dienone is 3. The molecule has 4 heteroatoms. The van der Waals surface area contributed by atoms with Crippen molar-refractivity contribution >= 4 is 5.97 Å². The molecule has 190 valence electrons. The van der Waals surface area contributed by atoms with E-state index in [0.717, 1.165) is 37.7 Å². The van der Waals surface area contributed by atoms with Gasteiger partial charge in [-0.2, -0.15) is 0 Å². The fraction of sp³-hybridized carbons (Fsp3) is 0.833. The van der Waals surface area contributed by atoms with Crippen LogP contribution in [0, 0.1) is 44.3 Å². The molecule has 34 heavy (non-hydrogen) atoms. The van der Waals surface area contributed by atoms with Gasteiger partial charge in [0.25, 0.3) is 0 Å². The maximum atomic E-state index is 12.8. The molecule has 3 saturated carbocycles. The van der Waals surface area contributed by atoms with Gasteiger partial charge in [0.05, 0.1) is 17.6 Å². The molecule has 0 radical (unpaired) electrons. The van der Waals surface area contributed by atoms with Gasteiger partial charge in [0.2, 0.25) is 0 Å². The highest BCUT2D eigenvalue weighted by atomic mass is 16.4. The van der Waals surface area contributed by atoms with E-state index in [4.69, 9.17) is 0 Å². The van der Waals surface area contributed by atoms with Crippen molar-refractivity contribution in [3.63, 3.8) is 0 Å². The monoisotopic (exact) mass is 470 g/mol. The number of carboxylic acid groups (broad SMARTS) is 1. The zero-order valence-corrected chi connectivity index (χ0v) is 22.4. The summed E-state index contributed by atoms with van der Waals surface area (Å²) in [5, 5.41) is 32.2. The minimum Gasteiger partial charge on any atom is -0.481 e. The summed E-state index contributed by atoms with van der Waals surface area (Å²) in [6.07, 6.45) is 10.5. The predicted molar refractivity (Wildman–Crippen MR) is 134 cm³/mol. The molecule has 0 aromatic heterocycles. The lowest BCUT2D eigenvalue weighted by atomic mass is 9.35. The topological polar surface area (TPSA) is 77.8 Å². The van der Waals surface area contributed by atoms with Crippen LogP contribution in [0.15, 0.2) is 23.3 Å². The lowest BCUT2D eigenvalue weighted by Gasteiger charge is -2.69. The van der Waals surface area contributed by atoms with E-state index in [0.29, 0.717) is 31.1 Å². The van der Waals surface area contributed by atoms with Gasteiger partial charge in [-0.05, 0) is 101 Å². The second-order valence-corrected chi connectivity index (χ2v) is 14.7. The van der Waals surface area contributed by atoms with Gasteiger partial charge in [0, 0.05) is 0 Å². The quantitative estimate of drug-likeness (QED) is 0.431. The first-order chi connectivity index (χ1) is 15.6. The van der Waals surface area contributed by atoms with Gasteiger partial charge in [-0.1, -0.05) is 60.6 Å². The van der Waals surface area contributed by atoms with E-state index in [9.17, 15) is 20.1 Å². The zero-order chi connectivity index (χ0) is 25.1. The van der Waals surface area contributed by atoms with Crippen LogP contribution in [0.5, 0.6) is 0 Å². The van der Waals surface area contributed by atoms with Crippen molar-refractivity contribution in [1.82, 2.24) is 0 Å². The Kier molecular flexibility index (Phi) is 5.06. The first kappa shape index (κ1) is 24.6. The SMILES string of the molecule is CC1(C)CC2=C3C=C[C@@H]4[C@@]5(C)CC[C@@H](O)C(C)(C)[C@@H]5CC[C@@]4(C)[C@]3(C)CC[C@@]2(C(=O)O)C[C@H]1O. The maximum absolute atomic E-state index is 12.8. The molecule has 0 spiro atoms. The number of aliphatic hydroxyl groups is 2. The second kappa shape index (κ2) is 7.00. The highest BCUT2D eigenvalue weighted by Gasteiger charge is 2.67. The standard InChI is InChI=1S/C30H46O4/c1-25(2)16-19-18-8-9-21-27(5)12-11-22(31)26(3,4)20(27)10-13-29(21,7)28(18,6)14-15-30(19,24(33)34)17-23(25)32/h8-9,20-23,31-32H,10-17H2,1-7H3,(H,33,34)/t20-,21+,22+,23+,27-,28+,29+,30+/m0/s1. The Morgan fingerprint density at radius 1 is 0.912 bits per heavy atom. The molecule has 5 aliphatic rings. The van der Waals surface area contributed by atoms with Gasteiger partial charge in [-0.25, -0.2) is 0 Å². The van der Waals surface area contributed by atoms with Gasteiger partial charge in [0.1, 0.15) is 0 Å². The molecule has 3 N–H and O–H groups in total. The number of rotatable bonds is 1. The Balaban J connectivity index is 1.68. The van der Waals surface area contributed by atoms with Crippen molar-refractivity contribution in [2.24, 2.45) is 44.3 Å². The summed E-state index contributed by atoms with van der Waals surface area (Å²) in [6.45, 7) is 16.1. The van der Waals surface area contributed by atoms with Gasteiger partial charge in [0.15, 0.2) is 0 Å². The van der Waals surface area contributed by atoms with E-state index < -0.39 is 17.5 Å². The predicted octanol–water partition coefficient (Wildman–Crippen LogP) is 6.12. The highest BCUT2D eigenvalue weighted by molar-refractivity contribution is 5.80. The van der Waals surface area contributed by atoms with Crippen LogP contribution in [0.3, 0.4) is 0 Å². The molecule has 0 saturated heterocycles. The molecule has 0 aromatic rings. The van der Waals surface area contributed by atoms with E-state index >= 15 is 0 Å². The number of hydrogen-bond acceptors (Lipinski definition) is 3. The van der Waals surface area contributed by atoms with E-state index in [1.54, 1.807) is 0 Å². The van der Waals surface area contributed by atoms with Crippen LogP contribution in [-0.4, -0.2) is 33.5 Å². The highest BCUT2D eigenvalue weighted by Crippen LogP contribution is 2.74. The summed E-state index contributed by atoms with van der Waals surface area (Å²) >= 11 is 0. The third-order valence-electron chi connectivity index (χ3n) is 12.6. The van der Waals surface area contributed by atoms with Crippen molar-refractivity contribution in [1.29, 1.82) is 0 Å². The van der Waals surface area contributed by atoms with Crippen LogP contribution in [0.1, 0.15) is 99.8 Å². The van der Waals surface area contributed by atoms with Crippen molar-refractivity contribution in [3.05, 3.63) is 23.3 Å². The number of hydrogen-bond donors (Lipinski definition) is 3. The van der Waals surface area contributed by atoms with Gasteiger partial charge in [-0.15, -0.1) is 0 Å². The molecule has 3 fully saturated rings. The third-order valence-corrected chi connectivity index (χ3v) is 12.6. The van der Waals surface area contributed by atoms with E-state index in [2.05, 4.69) is 60.6 Å². The van der Waals surface area contributed by atoms with Crippen molar-refractivity contribution in [3.8, 4) is 0 Å². The van der Waals surface area contributed by atoms with Gasteiger partial charge in [-0.3, -0.25) is 4.79 Å². The molecule has 0 heterocycles. The number of aliphatic carboxylic acids is 1. The van der Waals surface area contributed by atoms with E-state index in [1.807, 2.05) is 0 Å². The molecule has 8 atom stereocenters. The smallest absolute Gasteiger partial charge is 0.313 e. The van der Waals surface area contributed by atoms with Crippen LogP contribution in [0.2, 0.25) is 0 Å². The van der Waals surface area contributed by atoms with Crippen molar-refractivity contribution in [2.45, 2.75) is 112 Å². The van der Waals surface area contributed by atoms with Crippen molar-refractivity contribution < 1.29 is 20.1 Å². The fourth-order valence-electron chi connectivity index (χ4n) is 9.93. The maximum Gasteiger partial charge on any atom is 0.313 e. The Hall–Kier alpha value is -1.13. The second-order valence-electron chi connectivity index (χ2n) is 14.7. The lowest BCUT2D eigenvalue weighted by molar-refractivity contribution is -0.184. The molecule has 0 unspecified atom stereocenters. The number of aliphatic hydroxyl groups excluding tert-OH is 2. The number of carboxylic acids is 1. The first-order valence-electron chi connectivity index (χ1n) is 13.6. The van der Waals surface area contributed by atoms with Crippen LogP contribution in [-0.2, 0) is 4.79 Å². The summed E-state index contributed by atoms with van der Waals surface area (Å²) in [5.74, 6) is 0.139. The van der Waals surface area contributed by atoms with Crippen LogP contribution >= 0.6 is 0 Å². The van der Waals surface area contributed by atoms with Crippen molar-refractivity contribution in [2.75, 3.05) is 0 Å². The molecule has 5 aliphatic carbocycles. The minimum atomic E-state index is -0.935. The summed E-state index contributed by atoms with van der Waals surface area (Å²) in [7, 11) is 0. The molecule has 0 aromatic carbocycles. The third kappa shape index (κ3) is 2.76. The number of fused-ring (bicyclic) bond motifs is 6. The average molecular weight is 471 g/mol. The molecular formula is C30H46O4. The summed E-state index contributed by atoms with van der Waals surface area (Å²) in [5.41, 5.74) is 1.12. The lowest BCUT2D eigenvalue weighted by Crippen LogP contribution is -2.63. The van der Waals surface area contributed by atoms with Gasteiger partial charge >= 0.3 is 5.97 Å². The van der Waals surface area contributed by atoms with Crippen LogP contribution in [0.25, 0.3) is 0 Å². The Bertz CT molecular complexity index is 974. The molecule has 5 rings (SSSR count). The largest absolute Gasteiger partial charge is 0.481 e. The first-order valence-corrected chi connectivity index (χ1v) is 13.6. The summed E-state index contributed by atoms with van der Waals surface area (Å²) < 4.78 is 0. The average Bonchev–Trinajstić information content (AvgIpc) is 2.72. The number of carbonyl (C=O) groups is 1. The summed E-state index contributed by atoms with van der Waals surface area (Å²) in [6, 6.07) is 0. The Labute approximate surface area is 205 Å². The molecule has 4 nitrogen and oxygen atoms in total. The molecule has 0 amide bonds. The van der Waals surface area contributed by atoms with Gasteiger partial charge < -0.3 is 15.3 Å². The molecule has 0 aliphatic heterocycles. The Morgan fingerprint density at radius 2 is 1.59 bits per heavy atom. The van der Waals surface area contributed by atoms with E-state index in [1.165, 1.54) is 5.57 Å². The van der Waals surface area contributed by atoms with Crippen LogP contribution in [0.4, 0.5) is 0 Å². The zero-order valence-electron chi connectivity index (χ0n) is 22.4. The summed E-state index contributed by atoms with van der Waals surface area (Å²) in [4.78, 5) is 12.8. The Morgan fingerprint density at radius 3 is 2.24 bits per heavy atom. The van der Waals surface area contributed by atoms with E-state index in [-0.39, 0.29) is 33.2 Å². The fourth-order valence-corrected chi connectivity index (χ4v) is 9.93. The van der Waals surface area contributed by atoms with Crippen LogP contribution < -0.4 is 0 Å². The molecule has 0 bridgehead atoms.